The molecule has 0 saturated carbocycles. The van der Waals surface area contributed by atoms with Crippen molar-refractivity contribution in [3.8, 4) is 22.8 Å². The minimum Gasteiger partial charge on any atom is -0.497 e. The Balaban J connectivity index is 2.03. The van der Waals surface area contributed by atoms with Gasteiger partial charge < -0.3 is 14.9 Å². The first-order valence-electron chi connectivity index (χ1n) is 6.88. The lowest BCUT2D eigenvalue weighted by Crippen LogP contribution is -2.01. The minimum absolute atomic E-state index is 0.0587. The van der Waals surface area contributed by atoms with Gasteiger partial charge in [-0.3, -0.25) is 0 Å². The topological polar surface area (TPSA) is 88.0 Å². The van der Waals surface area contributed by atoms with E-state index in [-0.39, 0.29) is 5.82 Å². The number of benzene rings is 1. The maximum absolute atomic E-state index is 11.0. The Morgan fingerprint density at radius 1 is 1.22 bits per heavy atom. The van der Waals surface area contributed by atoms with E-state index in [4.69, 9.17) is 4.74 Å². The fourth-order valence-corrected chi connectivity index (χ4v) is 2.43. The molecule has 0 atom stereocenters. The molecule has 0 aliphatic heterocycles. The lowest BCUT2D eigenvalue weighted by Gasteiger charge is -2.06. The predicted octanol–water partition coefficient (Wildman–Crippen LogP) is 2.50. The number of ether oxygens (including phenoxy) is 1. The molecule has 8 heteroatoms. The summed E-state index contributed by atoms with van der Waals surface area (Å²) >= 11 is 0. The van der Waals surface area contributed by atoms with Crippen molar-refractivity contribution in [1.29, 1.82) is 0 Å². The molecule has 0 aliphatic rings. The molecule has 2 heterocycles. The van der Waals surface area contributed by atoms with Gasteiger partial charge in [-0.2, -0.15) is 5.10 Å². The Kier molecular flexibility index (Phi) is 3.57. The monoisotopic (exact) mass is 313 g/mol. The smallest absolute Gasteiger partial charge is 0.342 e. The number of nitrogens with zero attached hydrogens (tertiary/aromatic N) is 5. The molecule has 0 fully saturated rings. The van der Waals surface area contributed by atoms with Crippen LogP contribution < -0.4 is 4.74 Å². The van der Waals surface area contributed by atoms with Crippen LogP contribution in [0.15, 0.2) is 36.7 Å². The molecule has 0 unspecified atom stereocenters. The van der Waals surface area contributed by atoms with E-state index >= 15 is 0 Å². The number of nitro groups is 1. The van der Waals surface area contributed by atoms with Crippen LogP contribution in [0.4, 0.5) is 5.82 Å². The molecular formula is C15H15N5O3. The van der Waals surface area contributed by atoms with Crippen LogP contribution in [-0.4, -0.2) is 31.4 Å². The van der Waals surface area contributed by atoms with Crippen LogP contribution in [0.2, 0.25) is 0 Å². The molecule has 0 N–H and O–H groups in total. The molecule has 3 rings (SSSR count). The van der Waals surface area contributed by atoms with Crippen molar-refractivity contribution in [2.75, 3.05) is 7.11 Å². The lowest BCUT2D eigenvalue weighted by atomic mass is 10.2. The minimum atomic E-state index is -0.459. The molecule has 0 aliphatic carbocycles. The standard InChI is InChI=1S/C15H15N5O3/c1-10-13(15-16-9-14(18(15)2)20(21)22)8-17-19(10)11-4-6-12(23-3)7-5-11/h4-9H,1-3H3. The summed E-state index contributed by atoms with van der Waals surface area (Å²) < 4.78 is 8.35. The second-order valence-electron chi connectivity index (χ2n) is 5.01. The Labute approximate surface area is 132 Å². The SMILES string of the molecule is COc1ccc(-n2ncc(-c3ncc([N+](=O)[O-])n3C)c2C)cc1. The third-order valence-electron chi connectivity index (χ3n) is 3.72. The van der Waals surface area contributed by atoms with Crippen LogP contribution in [0.25, 0.3) is 17.1 Å². The predicted molar refractivity (Wildman–Crippen MR) is 83.7 cm³/mol. The van der Waals surface area contributed by atoms with Gasteiger partial charge in [-0.15, -0.1) is 0 Å². The van der Waals surface area contributed by atoms with Crippen LogP contribution in [0.1, 0.15) is 5.69 Å². The van der Waals surface area contributed by atoms with Gasteiger partial charge in [0.05, 0.1) is 37.3 Å². The highest BCUT2D eigenvalue weighted by molar-refractivity contribution is 5.60. The molecule has 23 heavy (non-hydrogen) atoms. The van der Waals surface area contributed by atoms with Gasteiger partial charge in [-0.1, -0.05) is 0 Å². The number of methoxy groups -OCH3 is 1. The first kappa shape index (κ1) is 14.8. The van der Waals surface area contributed by atoms with Crippen LogP contribution in [0.5, 0.6) is 5.75 Å². The Morgan fingerprint density at radius 2 is 1.91 bits per heavy atom. The lowest BCUT2D eigenvalue weighted by molar-refractivity contribution is -0.391. The van der Waals surface area contributed by atoms with E-state index in [2.05, 4.69) is 10.1 Å². The normalized spacial score (nSPS) is 10.7. The number of hydrogen-bond donors (Lipinski definition) is 0. The summed E-state index contributed by atoms with van der Waals surface area (Å²) in [5.74, 6) is 1.21. The molecule has 2 aromatic heterocycles. The number of aromatic nitrogens is 4. The van der Waals surface area contributed by atoms with E-state index in [9.17, 15) is 10.1 Å². The highest BCUT2D eigenvalue weighted by atomic mass is 16.6. The second kappa shape index (κ2) is 5.56. The fraction of sp³-hybridized carbons (Fsp3) is 0.200. The third kappa shape index (κ3) is 2.44. The summed E-state index contributed by atoms with van der Waals surface area (Å²) in [6, 6.07) is 7.48. The van der Waals surface area contributed by atoms with Gasteiger partial charge in [-0.05, 0) is 36.1 Å². The van der Waals surface area contributed by atoms with E-state index in [0.29, 0.717) is 5.82 Å². The summed E-state index contributed by atoms with van der Waals surface area (Å²) in [5.41, 5.74) is 2.47. The molecular weight excluding hydrogens is 298 g/mol. The highest BCUT2D eigenvalue weighted by Gasteiger charge is 2.22. The van der Waals surface area contributed by atoms with E-state index in [1.54, 1.807) is 25.0 Å². The van der Waals surface area contributed by atoms with Gasteiger partial charge in [-0.25, -0.2) is 14.2 Å². The van der Waals surface area contributed by atoms with E-state index in [0.717, 1.165) is 22.7 Å². The van der Waals surface area contributed by atoms with Crippen molar-refractivity contribution >= 4 is 5.82 Å². The van der Waals surface area contributed by atoms with E-state index < -0.39 is 4.92 Å². The average molecular weight is 313 g/mol. The van der Waals surface area contributed by atoms with Crippen molar-refractivity contribution < 1.29 is 9.66 Å². The van der Waals surface area contributed by atoms with Crippen LogP contribution >= 0.6 is 0 Å². The van der Waals surface area contributed by atoms with Gasteiger partial charge in [0.2, 0.25) is 5.82 Å². The summed E-state index contributed by atoms with van der Waals surface area (Å²) in [4.78, 5) is 14.6. The van der Waals surface area contributed by atoms with Crippen molar-refractivity contribution in [2.24, 2.45) is 7.05 Å². The second-order valence-corrected chi connectivity index (χ2v) is 5.01. The van der Waals surface area contributed by atoms with Crippen molar-refractivity contribution in [2.45, 2.75) is 6.92 Å². The summed E-state index contributed by atoms with van der Waals surface area (Å²) in [7, 11) is 3.23. The highest BCUT2D eigenvalue weighted by Crippen LogP contribution is 2.27. The molecule has 118 valence electrons. The summed E-state index contributed by atoms with van der Waals surface area (Å²) in [5, 5.41) is 15.3. The molecule has 0 radical (unpaired) electrons. The maximum atomic E-state index is 11.0. The third-order valence-corrected chi connectivity index (χ3v) is 3.72. The van der Waals surface area contributed by atoms with Crippen LogP contribution in [0, 0.1) is 17.0 Å². The Morgan fingerprint density at radius 3 is 2.48 bits per heavy atom. The molecule has 0 spiro atoms. The molecule has 8 nitrogen and oxygen atoms in total. The van der Waals surface area contributed by atoms with Crippen LogP contribution in [-0.2, 0) is 7.05 Å². The quantitative estimate of drug-likeness (QED) is 0.545. The van der Waals surface area contributed by atoms with Crippen molar-refractivity contribution in [3.63, 3.8) is 0 Å². The van der Waals surface area contributed by atoms with E-state index in [1.807, 2.05) is 31.2 Å². The van der Waals surface area contributed by atoms with Gasteiger partial charge in [0, 0.05) is 0 Å². The molecule has 0 amide bonds. The summed E-state index contributed by atoms with van der Waals surface area (Å²) in [6.45, 7) is 1.90. The molecule has 3 aromatic rings. The first-order valence-corrected chi connectivity index (χ1v) is 6.88. The molecule has 1 aromatic carbocycles. The number of rotatable bonds is 4. The van der Waals surface area contributed by atoms with Gasteiger partial charge in [0.1, 0.15) is 11.9 Å². The number of imidazole rings is 1. The van der Waals surface area contributed by atoms with Gasteiger partial charge >= 0.3 is 5.82 Å². The van der Waals surface area contributed by atoms with Crippen molar-refractivity contribution in [3.05, 3.63) is 52.5 Å². The maximum Gasteiger partial charge on any atom is 0.342 e. The summed E-state index contributed by atoms with van der Waals surface area (Å²) in [6.07, 6.45) is 2.91. The van der Waals surface area contributed by atoms with Gasteiger partial charge in [0.15, 0.2) is 0 Å². The number of hydrogen-bond acceptors (Lipinski definition) is 5. The average Bonchev–Trinajstić information content (AvgIpc) is 3.10. The molecule has 0 bridgehead atoms. The largest absolute Gasteiger partial charge is 0.497 e. The zero-order valence-corrected chi connectivity index (χ0v) is 12.9. The zero-order chi connectivity index (χ0) is 16.6. The fourth-order valence-electron chi connectivity index (χ4n) is 2.43. The first-order chi connectivity index (χ1) is 11.0. The van der Waals surface area contributed by atoms with E-state index in [1.165, 1.54) is 10.8 Å². The van der Waals surface area contributed by atoms with Crippen molar-refractivity contribution in [1.82, 2.24) is 19.3 Å². The molecule has 0 saturated heterocycles. The van der Waals surface area contributed by atoms with Gasteiger partial charge in [0.25, 0.3) is 0 Å². The zero-order valence-electron chi connectivity index (χ0n) is 12.9. The van der Waals surface area contributed by atoms with Crippen LogP contribution in [0.3, 0.4) is 0 Å². The Bertz CT molecular complexity index is 864. The Hall–Kier alpha value is -3.16.